The second-order valence-corrected chi connectivity index (χ2v) is 4.77. The highest BCUT2D eigenvalue weighted by atomic mass is 16.5. The highest BCUT2D eigenvalue weighted by Crippen LogP contribution is 2.20. The highest BCUT2D eigenvalue weighted by Gasteiger charge is 2.18. The van der Waals surface area contributed by atoms with Gasteiger partial charge in [-0.3, -0.25) is 9.36 Å². The molecular weight excluding hydrogens is 272 g/mol. The summed E-state index contributed by atoms with van der Waals surface area (Å²) in [6, 6.07) is 3.20. The minimum absolute atomic E-state index is 0.0538. The number of nitrogens with zero attached hydrogens (tertiary/aromatic N) is 2. The van der Waals surface area contributed by atoms with E-state index >= 15 is 0 Å². The molecule has 0 aliphatic heterocycles. The maximum Gasteiger partial charge on any atom is 0.314 e. The van der Waals surface area contributed by atoms with Crippen molar-refractivity contribution in [3.8, 4) is 5.82 Å². The largest absolute Gasteiger partial charge is 0.360 e. The van der Waals surface area contributed by atoms with Gasteiger partial charge < -0.3 is 15.2 Å². The molecule has 0 fully saturated rings. The van der Waals surface area contributed by atoms with Gasteiger partial charge >= 0.3 is 6.03 Å². The SMILES string of the molecule is CNC(=O)NCC(=O)c1cc(C)n(-c2cc(C)on2)c1C. The molecule has 0 spiro atoms. The van der Waals surface area contributed by atoms with E-state index in [-0.39, 0.29) is 18.4 Å². The molecule has 7 heteroatoms. The minimum atomic E-state index is -0.385. The van der Waals surface area contributed by atoms with Crippen molar-refractivity contribution in [2.24, 2.45) is 0 Å². The van der Waals surface area contributed by atoms with Crippen molar-refractivity contribution in [1.82, 2.24) is 20.4 Å². The van der Waals surface area contributed by atoms with Crippen LogP contribution in [0.4, 0.5) is 4.79 Å². The Morgan fingerprint density at radius 1 is 1.29 bits per heavy atom. The van der Waals surface area contributed by atoms with Gasteiger partial charge in [0.25, 0.3) is 0 Å². The van der Waals surface area contributed by atoms with Gasteiger partial charge in [0.2, 0.25) is 0 Å². The molecule has 7 nitrogen and oxygen atoms in total. The molecule has 0 saturated heterocycles. The van der Waals surface area contributed by atoms with Gasteiger partial charge in [0, 0.05) is 30.1 Å². The number of aryl methyl sites for hydroxylation is 2. The van der Waals surface area contributed by atoms with Crippen LogP contribution in [0.15, 0.2) is 16.7 Å². The molecule has 2 amide bonds. The van der Waals surface area contributed by atoms with Crippen molar-refractivity contribution in [2.75, 3.05) is 13.6 Å². The van der Waals surface area contributed by atoms with Gasteiger partial charge in [0.1, 0.15) is 5.76 Å². The summed E-state index contributed by atoms with van der Waals surface area (Å²) in [6.07, 6.45) is 0. The molecule has 2 N–H and O–H groups in total. The molecular formula is C14H18N4O3. The number of carbonyl (C=O) groups is 2. The third-order valence-electron chi connectivity index (χ3n) is 3.21. The number of urea groups is 1. The number of rotatable bonds is 4. The lowest BCUT2D eigenvalue weighted by Gasteiger charge is -2.06. The summed E-state index contributed by atoms with van der Waals surface area (Å²) < 4.78 is 6.92. The van der Waals surface area contributed by atoms with Crippen molar-refractivity contribution in [2.45, 2.75) is 20.8 Å². The van der Waals surface area contributed by atoms with E-state index in [1.807, 2.05) is 25.3 Å². The van der Waals surface area contributed by atoms with Gasteiger partial charge in [-0.05, 0) is 26.8 Å². The average Bonchev–Trinajstić information content (AvgIpc) is 2.99. The smallest absolute Gasteiger partial charge is 0.314 e. The Morgan fingerprint density at radius 3 is 2.57 bits per heavy atom. The monoisotopic (exact) mass is 290 g/mol. The standard InChI is InChI=1S/C14H18N4O3/c1-8-5-11(12(19)7-16-14(20)15-4)10(3)18(8)13-6-9(2)21-17-13/h5-6H,7H2,1-4H3,(H2,15,16,20). The first kappa shape index (κ1) is 14.8. The van der Waals surface area contributed by atoms with Gasteiger partial charge in [-0.1, -0.05) is 5.16 Å². The molecule has 0 radical (unpaired) electrons. The van der Waals surface area contributed by atoms with Gasteiger partial charge in [-0.15, -0.1) is 0 Å². The zero-order valence-electron chi connectivity index (χ0n) is 12.5. The van der Waals surface area contributed by atoms with Crippen LogP contribution in [0.25, 0.3) is 5.82 Å². The molecule has 0 aliphatic carbocycles. The van der Waals surface area contributed by atoms with Crippen LogP contribution >= 0.6 is 0 Å². The number of Topliss-reactive ketones (excluding diaryl/α,β-unsaturated/α-hetero) is 1. The molecule has 2 rings (SSSR count). The first-order valence-electron chi connectivity index (χ1n) is 6.55. The van der Waals surface area contributed by atoms with Crippen molar-refractivity contribution >= 4 is 11.8 Å². The third-order valence-corrected chi connectivity index (χ3v) is 3.21. The number of amides is 2. The first-order valence-corrected chi connectivity index (χ1v) is 6.55. The number of hydrogen-bond acceptors (Lipinski definition) is 4. The quantitative estimate of drug-likeness (QED) is 0.835. The van der Waals surface area contributed by atoms with Crippen molar-refractivity contribution in [3.63, 3.8) is 0 Å². The molecule has 0 atom stereocenters. The highest BCUT2D eigenvalue weighted by molar-refractivity contribution is 6.00. The molecule has 0 aromatic carbocycles. The fourth-order valence-electron chi connectivity index (χ4n) is 2.20. The Balaban J connectivity index is 2.27. The average molecular weight is 290 g/mol. The van der Waals surface area contributed by atoms with E-state index in [1.54, 1.807) is 12.1 Å². The number of aromatic nitrogens is 2. The van der Waals surface area contributed by atoms with Crippen LogP contribution in [-0.2, 0) is 0 Å². The summed E-state index contributed by atoms with van der Waals surface area (Å²) in [5.41, 5.74) is 2.21. The predicted octanol–water partition coefficient (Wildman–Crippen LogP) is 1.50. The summed E-state index contributed by atoms with van der Waals surface area (Å²) in [5, 5.41) is 8.85. The van der Waals surface area contributed by atoms with E-state index < -0.39 is 0 Å². The maximum atomic E-state index is 12.2. The van der Waals surface area contributed by atoms with E-state index in [9.17, 15) is 9.59 Å². The molecule has 2 aromatic rings. The van der Waals surface area contributed by atoms with Crippen LogP contribution in [0.5, 0.6) is 0 Å². The molecule has 2 heterocycles. The summed E-state index contributed by atoms with van der Waals surface area (Å²) in [5.74, 6) is 1.19. The lowest BCUT2D eigenvalue weighted by molar-refractivity contribution is 0.0992. The van der Waals surface area contributed by atoms with Crippen LogP contribution in [-0.4, -0.2) is 35.1 Å². The van der Waals surface area contributed by atoms with Gasteiger partial charge in [0.15, 0.2) is 11.6 Å². The number of nitrogens with one attached hydrogen (secondary N) is 2. The topological polar surface area (TPSA) is 89.2 Å². The zero-order chi connectivity index (χ0) is 15.6. The van der Waals surface area contributed by atoms with Crippen LogP contribution in [0.2, 0.25) is 0 Å². The summed E-state index contributed by atoms with van der Waals surface area (Å²) in [7, 11) is 1.50. The van der Waals surface area contributed by atoms with Gasteiger partial charge in [-0.2, -0.15) is 0 Å². The summed E-state index contributed by atoms with van der Waals surface area (Å²) in [4.78, 5) is 23.3. The fourth-order valence-corrected chi connectivity index (χ4v) is 2.20. The van der Waals surface area contributed by atoms with E-state index in [0.717, 1.165) is 11.4 Å². The minimum Gasteiger partial charge on any atom is -0.360 e. The second kappa shape index (κ2) is 5.82. The van der Waals surface area contributed by atoms with Gasteiger partial charge in [-0.25, -0.2) is 4.79 Å². The second-order valence-electron chi connectivity index (χ2n) is 4.77. The first-order chi connectivity index (χ1) is 9.93. The van der Waals surface area contributed by atoms with Crippen LogP contribution < -0.4 is 10.6 Å². The Morgan fingerprint density at radius 2 is 2.00 bits per heavy atom. The molecule has 112 valence electrons. The molecule has 21 heavy (non-hydrogen) atoms. The Hall–Kier alpha value is -2.57. The number of carbonyl (C=O) groups excluding carboxylic acids is 2. The van der Waals surface area contributed by atoms with Crippen molar-refractivity contribution in [3.05, 3.63) is 34.8 Å². The van der Waals surface area contributed by atoms with Crippen LogP contribution in [0, 0.1) is 20.8 Å². The van der Waals surface area contributed by atoms with E-state index in [1.165, 1.54) is 7.05 Å². The predicted molar refractivity (Wildman–Crippen MR) is 76.8 cm³/mol. The zero-order valence-corrected chi connectivity index (χ0v) is 12.5. The molecule has 0 unspecified atom stereocenters. The van der Waals surface area contributed by atoms with Crippen LogP contribution in [0.3, 0.4) is 0 Å². The lowest BCUT2D eigenvalue weighted by atomic mass is 10.1. The fraction of sp³-hybridized carbons (Fsp3) is 0.357. The van der Waals surface area contributed by atoms with E-state index in [0.29, 0.717) is 17.1 Å². The number of ketones is 1. The normalized spacial score (nSPS) is 10.5. The third kappa shape index (κ3) is 2.96. The molecule has 0 bridgehead atoms. The van der Waals surface area contributed by atoms with Gasteiger partial charge in [0.05, 0.1) is 6.54 Å². The maximum absolute atomic E-state index is 12.2. The molecule has 0 aliphatic rings. The van der Waals surface area contributed by atoms with E-state index in [2.05, 4.69) is 15.8 Å². The number of hydrogen-bond donors (Lipinski definition) is 2. The Bertz CT molecular complexity index is 684. The Labute approximate surface area is 122 Å². The summed E-state index contributed by atoms with van der Waals surface area (Å²) >= 11 is 0. The molecule has 2 aromatic heterocycles. The summed E-state index contributed by atoms with van der Waals surface area (Å²) in [6.45, 7) is 5.48. The lowest BCUT2D eigenvalue weighted by Crippen LogP contribution is -2.36. The molecule has 0 saturated carbocycles. The van der Waals surface area contributed by atoms with E-state index in [4.69, 9.17) is 4.52 Å². The Kier molecular flexibility index (Phi) is 4.11. The van der Waals surface area contributed by atoms with Crippen molar-refractivity contribution < 1.29 is 14.1 Å². The van der Waals surface area contributed by atoms with Crippen molar-refractivity contribution in [1.29, 1.82) is 0 Å². The van der Waals surface area contributed by atoms with Crippen LogP contribution in [0.1, 0.15) is 27.5 Å².